The molecule has 2 heterocycles. The molecule has 3 aromatic rings. The summed E-state index contributed by atoms with van der Waals surface area (Å²) in [6.07, 6.45) is 2.96. The van der Waals surface area contributed by atoms with Gasteiger partial charge in [0, 0.05) is 24.3 Å². The maximum Gasteiger partial charge on any atom is 0.414 e. The number of rotatable bonds is 5. The fourth-order valence-electron chi connectivity index (χ4n) is 2.55. The first-order valence-electron chi connectivity index (χ1n) is 8.31. The van der Waals surface area contributed by atoms with E-state index >= 15 is 0 Å². The number of aromatic hydroxyl groups is 1. The SMILES string of the molecule is CCCNC(=O)Oc1ncc2c(=O)n(Cc3ccccc3)ccc2c1O. The minimum atomic E-state index is -0.702. The average Bonchev–Trinajstić information content (AvgIpc) is 2.65. The summed E-state index contributed by atoms with van der Waals surface area (Å²) in [4.78, 5) is 28.2. The van der Waals surface area contributed by atoms with E-state index in [1.54, 1.807) is 12.3 Å². The molecule has 1 aromatic carbocycles. The van der Waals surface area contributed by atoms with E-state index in [1.807, 2.05) is 37.3 Å². The van der Waals surface area contributed by atoms with Gasteiger partial charge in [0.2, 0.25) is 0 Å². The predicted molar refractivity (Wildman–Crippen MR) is 97.5 cm³/mol. The van der Waals surface area contributed by atoms with Crippen LogP contribution in [0, 0.1) is 0 Å². The van der Waals surface area contributed by atoms with Gasteiger partial charge < -0.3 is 19.7 Å². The summed E-state index contributed by atoms with van der Waals surface area (Å²) in [6, 6.07) is 11.2. The maximum absolute atomic E-state index is 12.7. The van der Waals surface area contributed by atoms with Crippen LogP contribution in [0.2, 0.25) is 0 Å². The minimum Gasteiger partial charge on any atom is -0.503 e. The van der Waals surface area contributed by atoms with Crippen molar-refractivity contribution in [1.82, 2.24) is 14.9 Å². The lowest BCUT2D eigenvalue weighted by Gasteiger charge is -2.10. The Balaban J connectivity index is 1.91. The lowest BCUT2D eigenvalue weighted by Crippen LogP contribution is -2.27. The van der Waals surface area contributed by atoms with Gasteiger partial charge in [0.15, 0.2) is 5.75 Å². The number of nitrogens with one attached hydrogen (secondary N) is 1. The molecule has 3 rings (SSSR count). The van der Waals surface area contributed by atoms with Crippen molar-refractivity contribution >= 4 is 16.9 Å². The van der Waals surface area contributed by atoms with E-state index in [9.17, 15) is 14.7 Å². The molecule has 0 aliphatic rings. The van der Waals surface area contributed by atoms with Crippen molar-refractivity contribution in [1.29, 1.82) is 0 Å². The molecular formula is C19H19N3O4. The molecule has 0 aliphatic carbocycles. The Labute approximate surface area is 149 Å². The molecule has 2 aromatic heterocycles. The molecule has 0 bridgehead atoms. The average molecular weight is 353 g/mol. The highest BCUT2D eigenvalue weighted by Gasteiger charge is 2.15. The third-order valence-electron chi connectivity index (χ3n) is 3.88. The van der Waals surface area contributed by atoms with Crippen LogP contribution in [0.5, 0.6) is 11.6 Å². The van der Waals surface area contributed by atoms with E-state index in [4.69, 9.17) is 4.74 Å². The van der Waals surface area contributed by atoms with Gasteiger partial charge in [0.05, 0.1) is 11.9 Å². The Morgan fingerprint density at radius 1 is 1.23 bits per heavy atom. The molecule has 0 saturated carbocycles. The molecule has 0 atom stereocenters. The molecule has 7 nitrogen and oxygen atoms in total. The number of pyridine rings is 2. The third-order valence-corrected chi connectivity index (χ3v) is 3.88. The Kier molecular flexibility index (Phi) is 5.17. The van der Waals surface area contributed by atoms with Gasteiger partial charge in [-0.1, -0.05) is 37.3 Å². The molecule has 0 fully saturated rings. The van der Waals surface area contributed by atoms with Gasteiger partial charge >= 0.3 is 6.09 Å². The van der Waals surface area contributed by atoms with Crippen LogP contribution in [0.25, 0.3) is 10.8 Å². The van der Waals surface area contributed by atoms with E-state index < -0.39 is 6.09 Å². The zero-order chi connectivity index (χ0) is 18.5. The number of amides is 1. The molecule has 0 radical (unpaired) electrons. The van der Waals surface area contributed by atoms with Crippen LogP contribution in [0.15, 0.2) is 53.6 Å². The van der Waals surface area contributed by atoms with Crippen LogP contribution >= 0.6 is 0 Å². The molecule has 0 unspecified atom stereocenters. The normalized spacial score (nSPS) is 10.7. The summed E-state index contributed by atoms with van der Waals surface area (Å²) in [6.45, 7) is 2.78. The molecule has 0 spiro atoms. The maximum atomic E-state index is 12.7. The lowest BCUT2D eigenvalue weighted by atomic mass is 10.2. The first-order valence-corrected chi connectivity index (χ1v) is 8.31. The number of fused-ring (bicyclic) bond motifs is 1. The zero-order valence-corrected chi connectivity index (χ0v) is 14.3. The molecule has 26 heavy (non-hydrogen) atoms. The Morgan fingerprint density at radius 2 is 2.00 bits per heavy atom. The Hall–Kier alpha value is -3.35. The van der Waals surface area contributed by atoms with Gasteiger partial charge in [-0.05, 0) is 18.1 Å². The first kappa shape index (κ1) is 17.5. The summed E-state index contributed by atoms with van der Waals surface area (Å²) < 4.78 is 6.54. The quantitative estimate of drug-likeness (QED) is 0.735. The molecule has 7 heteroatoms. The molecule has 0 aliphatic heterocycles. The standard InChI is InChI=1S/C19H19N3O4/c1-2-9-20-19(25)26-17-16(23)14-8-10-22(18(24)15(14)11-21-17)12-13-6-4-3-5-7-13/h3-8,10-11,23H,2,9,12H2,1H3,(H,20,25). The first-order chi connectivity index (χ1) is 12.6. The Bertz CT molecular complexity index is 983. The smallest absolute Gasteiger partial charge is 0.414 e. The molecule has 134 valence electrons. The minimum absolute atomic E-state index is 0.230. The second-order valence-electron chi connectivity index (χ2n) is 5.79. The summed E-state index contributed by atoms with van der Waals surface area (Å²) in [5.74, 6) is -0.565. The van der Waals surface area contributed by atoms with E-state index in [2.05, 4.69) is 10.3 Å². The van der Waals surface area contributed by atoms with Crippen LogP contribution in [0.3, 0.4) is 0 Å². The van der Waals surface area contributed by atoms with Crippen molar-refractivity contribution < 1.29 is 14.6 Å². The van der Waals surface area contributed by atoms with Crippen LogP contribution in [-0.4, -0.2) is 27.3 Å². The number of hydrogen-bond donors (Lipinski definition) is 2. The number of aromatic nitrogens is 2. The van der Waals surface area contributed by atoms with Crippen molar-refractivity contribution in [2.75, 3.05) is 6.54 Å². The highest BCUT2D eigenvalue weighted by molar-refractivity contribution is 5.88. The van der Waals surface area contributed by atoms with Gasteiger partial charge in [-0.2, -0.15) is 0 Å². The van der Waals surface area contributed by atoms with Crippen molar-refractivity contribution in [3.05, 3.63) is 64.7 Å². The molecule has 2 N–H and O–H groups in total. The second kappa shape index (κ2) is 7.69. The number of ether oxygens (including phenoxy) is 1. The predicted octanol–water partition coefficient (Wildman–Crippen LogP) is 2.65. The molecule has 1 amide bonds. The highest BCUT2D eigenvalue weighted by atomic mass is 16.6. The monoisotopic (exact) mass is 353 g/mol. The van der Waals surface area contributed by atoms with Gasteiger partial charge in [-0.25, -0.2) is 9.78 Å². The molecular weight excluding hydrogens is 334 g/mol. The van der Waals surface area contributed by atoms with E-state index in [-0.39, 0.29) is 28.0 Å². The number of hydrogen-bond acceptors (Lipinski definition) is 5. The van der Waals surface area contributed by atoms with E-state index in [0.717, 1.165) is 12.0 Å². The van der Waals surface area contributed by atoms with Crippen molar-refractivity contribution in [2.45, 2.75) is 19.9 Å². The number of carbonyl (C=O) groups is 1. The van der Waals surface area contributed by atoms with Crippen molar-refractivity contribution in [2.24, 2.45) is 0 Å². The largest absolute Gasteiger partial charge is 0.503 e. The number of carbonyl (C=O) groups excluding carboxylic acids is 1. The van der Waals surface area contributed by atoms with Gasteiger partial charge in [0.25, 0.3) is 11.4 Å². The van der Waals surface area contributed by atoms with Crippen molar-refractivity contribution in [3.8, 4) is 11.6 Å². The summed E-state index contributed by atoms with van der Waals surface area (Å²) in [7, 11) is 0. The van der Waals surface area contributed by atoms with Crippen LogP contribution in [0.4, 0.5) is 4.79 Å². The number of benzene rings is 1. The van der Waals surface area contributed by atoms with Crippen molar-refractivity contribution in [3.63, 3.8) is 0 Å². The van der Waals surface area contributed by atoms with E-state index in [1.165, 1.54) is 10.8 Å². The Morgan fingerprint density at radius 3 is 2.73 bits per heavy atom. The fourth-order valence-corrected chi connectivity index (χ4v) is 2.55. The molecule has 0 saturated heterocycles. The highest BCUT2D eigenvalue weighted by Crippen LogP contribution is 2.30. The van der Waals surface area contributed by atoms with Gasteiger partial charge in [-0.3, -0.25) is 4.79 Å². The van der Waals surface area contributed by atoms with E-state index in [0.29, 0.717) is 13.1 Å². The summed E-state index contributed by atoms with van der Waals surface area (Å²) in [5.41, 5.74) is 0.704. The van der Waals surface area contributed by atoms with Gasteiger partial charge in [0.1, 0.15) is 0 Å². The summed E-state index contributed by atoms with van der Waals surface area (Å²) >= 11 is 0. The zero-order valence-electron chi connectivity index (χ0n) is 14.3. The van der Waals surface area contributed by atoms with Gasteiger partial charge in [-0.15, -0.1) is 0 Å². The third kappa shape index (κ3) is 3.66. The van der Waals surface area contributed by atoms with Crippen LogP contribution in [0.1, 0.15) is 18.9 Å². The van der Waals surface area contributed by atoms with Crippen LogP contribution in [-0.2, 0) is 6.54 Å². The number of nitrogens with zero attached hydrogens (tertiary/aromatic N) is 2. The second-order valence-corrected chi connectivity index (χ2v) is 5.79. The lowest BCUT2D eigenvalue weighted by molar-refractivity contribution is 0.196. The summed E-state index contributed by atoms with van der Waals surface area (Å²) in [5, 5.41) is 13.4. The topological polar surface area (TPSA) is 93.5 Å². The fraction of sp³-hybridized carbons (Fsp3) is 0.211. The van der Waals surface area contributed by atoms with Crippen LogP contribution < -0.4 is 15.6 Å².